The van der Waals surface area contributed by atoms with E-state index in [0.29, 0.717) is 18.0 Å². The van der Waals surface area contributed by atoms with Crippen LogP contribution in [0.15, 0.2) is 61.1 Å². The van der Waals surface area contributed by atoms with E-state index in [1.165, 1.54) is 0 Å². The van der Waals surface area contributed by atoms with Crippen molar-refractivity contribution in [2.45, 2.75) is 34.0 Å². The molecule has 144 valence electrons. The standard InChI is InChI=1S/C21H20N4O2.CH4/c1-14(2)27-18-11-16(20-24-19-4-3-7-23-21(19)25-20)10-17(12-18)26-13-15-5-8-22-9-6-15;/h3-12,14H,13H2,1-2H3,(H,23,24,25);1H4. The molecule has 3 aromatic heterocycles. The van der Waals surface area contributed by atoms with Crippen LogP contribution in [0.4, 0.5) is 0 Å². The van der Waals surface area contributed by atoms with Crippen molar-refractivity contribution in [3.63, 3.8) is 0 Å². The normalized spacial score (nSPS) is 10.7. The first-order valence-electron chi connectivity index (χ1n) is 8.82. The molecule has 0 spiro atoms. The van der Waals surface area contributed by atoms with Crippen molar-refractivity contribution in [2.75, 3.05) is 0 Å². The van der Waals surface area contributed by atoms with Gasteiger partial charge in [0.25, 0.3) is 0 Å². The summed E-state index contributed by atoms with van der Waals surface area (Å²) < 4.78 is 11.9. The number of pyridine rings is 2. The third-order valence-corrected chi connectivity index (χ3v) is 3.94. The largest absolute Gasteiger partial charge is 0.491 e. The van der Waals surface area contributed by atoms with Gasteiger partial charge in [-0.2, -0.15) is 0 Å². The molecule has 0 atom stereocenters. The number of aromatic nitrogens is 4. The number of hydrogen-bond acceptors (Lipinski definition) is 5. The molecule has 4 rings (SSSR count). The van der Waals surface area contributed by atoms with Crippen LogP contribution >= 0.6 is 0 Å². The predicted octanol–water partition coefficient (Wildman–Crippen LogP) is 5.02. The van der Waals surface area contributed by atoms with Gasteiger partial charge in [0, 0.05) is 30.2 Å². The Labute approximate surface area is 164 Å². The van der Waals surface area contributed by atoms with E-state index >= 15 is 0 Å². The lowest BCUT2D eigenvalue weighted by atomic mass is 10.2. The first-order valence-corrected chi connectivity index (χ1v) is 8.82. The molecular formula is C22H24N4O2. The summed E-state index contributed by atoms with van der Waals surface area (Å²) in [4.78, 5) is 16.2. The molecule has 0 bridgehead atoms. The third-order valence-electron chi connectivity index (χ3n) is 3.94. The van der Waals surface area contributed by atoms with E-state index < -0.39 is 0 Å². The van der Waals surface area contributed by atoms with Crippen LogP contribution < -0.4 is 9.47 Å². The van der Waals surface area contributed by atoms with E-state index in [1.54, 1.807) is 18.6 Å². The predicted molar refractivity (Wildman–Crippen MR) is 110 cm³/mol. The molecule has 0 aliphatic rings. The second kappa shape index (κ2) is 8.52. The molecule has 1 aromatic carbocycles. The van der Waals surface area contributed by atoms with E-state index in [-0.39, 0.29) is 13.5 Å². The van der Waals surface area contributed by atoms with Crippen molar-refractivity contribution in [1.29, 1.82) is 0 Å². The molecule has 0 aliphatic heterocycles. The zero-order valence-corrected chi connectivity index (χ0v) is 15.2. The lowest BCUT2D eigenvalue weighted by Crippen LogP contribution is -2.06. The summed E-state index contributed by atoms with van der Waals surface area (Å²) in [6.45, 7) is 4.44. The molecule has 3 heterocycles. The molecule has 0 amide bonds. The lowest BCUT2D eigenvalue weighted by Gasteiger charge is -2.13. The molecule has 0 saturated heterocycles. The zero-order valence-electron chi connectivity index (χ0n) is 15.2. The Morgan fingerprint density at radius 3 is 2.54 bits per heavy atom. The maximum absolute atomic E-state index is 5.99. The zero-order chi connectivity index (χ0) is 18.6. The molecule has 28 heavy (non-hydrogen) atoms. The molecule has 4 aromatic rings. The van der Waals surface area contributed by atoms with Crippen LogP contribution in [0.3, 0.4) is 0 Å². The summed E-state index contributed by atoms with van der Waals surface area (Å²) in [6, 6.07) is 13.5. The number of rotatable bonds is 6. The highest BCUT2D eigenvalue weighted by molar-refractivity contribution is 5.76. The Kier molecular flexibility index (Phi) is 5.89. The van der Waals surface area contributed by atoms with Gasteiger partial charge in [0.05, 0.1) is 11.6 Å². The Balaban J connectivity index is 0.00000225. The van der Waals surface area contributed by atoms with Gasteiger partial charge in [-0.05, 0) is 55.8 Å². The summed E-state index contributed by atoms with van der Waals surface area (Å²) in [5.41, 5.74) is 3.51. The highest BCUT2D eigenvalue weighted by Crippen LogP contribution is 2.30. The topological polar surface area (TPSA) is 72.9 Å². The van der Waals surface area contributed by atoms with E-state index in [9.17, 15) is 0 Å². The maximum atomic E-state index is 5.99. The fraction of sp³-hybridized carbons (Fsp3) is 0.227. The van der Waals surface area contributed by atoms with E-state index in [4.69, 9.17) is 9.47 Å². The monoisotopic (exact) mass is 376 g/mol. The van der Waals surface area contributed by atoms with Crippen LogP contribution in [0.25, 0.3) is 22.6 Å². The average molecular weight is 376 g/mol. The molecule has 1 N–H and O–H groups in total. The maximum Gasteiger partial charge on any atom is 0.178 e. The number of nitrogens with one attached hydrogen (secondary N) is 1. The van der Waals surface area contributed by atoms with E-state index in [1.807, 2.05) is 56.3 Å². The number of fused-ring (bicyclic) bond motifs is 1. The van der Waals surface area contributed by atoms with Crippen LogP contribution in [-0.4, -0.2) is 26.0 Å². The van der Waals surface area contributed by atoms with Gasteiger partial charge < -0.3 is 14.5 Å². The Morgan fingerprint density at radius 1 is 1.00 bits per heavy atom. The van der Waals surface area contributed by atoms with Crippen molar-refractivity contribution in [3.05, 3.63) is 66.6 Å². The SMILES string of the molecule is C.CC(C)Oc1cc(OCc2ccncc2)cc(-c2nc3ncccc3[nH]2)c1. The molecular weight excluding hydrogens is 352 g/mol. The molecule has 0 saturated carbocycles. The smallest absolute Gasteiger partial charge is 0.178 e. The van der Waals surface area contributed by atoms with Crippen molar-refractivity contribution in [1.82, 2.24) is 19.9 Å². The van der Waals surface area contributed by atoms with Crippen molar-refractivity contribution in [2.24, 2.45) is 0 Å². The summed E-state index contributed by atoms with van der Waals surface area (Å²) in [5, 5.41) is 0. The Hall–Kier alpha value is -3.41. The van der Waals surface area contributed by atoms with E-state index in [2.05, 4.69) is 19.9 Å². The Bertz CT molecular complexity index is 1010. The minimum atomic E-state index is 0. The fourth-order valence-electron chi connectivity index (χ4n) is 2.76. The van der Waals surface area contributed by atoms with Crippen LogP contribution in [0, 0.1) is 0 Å². The summed E-state index contributed by atoms with van der Waals surface area (Å²) in [5.74, 6) is 2.18. The van der Waals surface area contributed by atoms with Gasteiger partial charge in [0.2, 0.25) is 0 Å². The highest BCUT2D eigenvalue weighted by atomic mass is 16.5. The number of hydrogen-bond donors (Lipinski definition) is 1. The van der Waals surface area contributed by atoms with Crippen molar-refractivity contribution in [3.8, 4) is 22.9 Å². The number of ether oxygens (including phenoxy) is 2. The first kappa shape index (κ1) is 19.4. The van der Waals surface area contributed by atoms with Gasteiger partial charge in [-0.15, -0.1) is 0 Å². The first-order chi connectivity index (χ1) is 13.2. The van der Waals surface area contributed by atoms with Gasteiger partial charge in [0.1, 0.15) is 23.9 Å². The number of H-pyrrole nitrogens is 1. The third kappa shape index (κ3) is 4.46. The van der Waals surface area contributed by atoms with Crippen LogP contribution in [-0.2, 0) is 6.61 Å². The molecule has 0 unspecified atom stereocenters. The Morgan fingerprint density at radius 2 is 1.79 bits per heavy atom. The summed E-state index contributed by atoms with van der Waals surface area (Å²) >= 11 is 0. The summed E-state index contributed by atoms with van der Waals surface area (Å²) in [7, 11) is 0. The second-order valence-electron chi connectivity index (χ2n) is 6.46. The number of imidazole rings is 1. The lowest BCUT2D eigenvalue weighted by molar-refractivity contribution is 0.239. The minimum absolute atomic E-state index is 0. The highest BCUT2D eigenvalue weighted by Gasteiger charge is 2.11. The number of nitrogens with zero attached hydrogens (tertiary/aromatic N) is 3. The van der Waals surface area contributed by atoms with Gasteiger partial charge in [-0.3, -0.25) is 4.98 Å². The average Bonchev–Trinajstić information content (AvgIpc) is 3.11. The number of benzene rings is 1. The fourth-order valence-corrected chi connectivity index (χ4v) is 2.76. The van der Waals surface area contributed by atoms with Crippen LogP contribution in [0.5, 0.6) is 11.5 Å². The quantitative estimate of drug-likeness (QED) is 0.511. The van der Waals surface area contributed by atoms with Crippen molar-refractivity contribution >= 4 is 11.2 Å². The molecule has 6 heteroatoms. The molecule has 0 aliphatic carbocycles. The van der Waals surface area contributed by atoms with Crippen molar-refractivity contribution < 1.29 is 9.47 Å². The van der Waals surface area contributed by atoms with Gasteiger partial charge >= 0.3 is 0 Å². The van der Waals surface area contributed by atoms with Crippen LogP contribution in [0.1, 0.15) is 26.8 Å². The molecule has 0 fully saturated rings. The summed E-state index contributed by atoms with van der Waals surface area (Å²) in [6.07, 6.45) is 5.30. The molecule has 0 radical (unpaired) electrons. The van der Waals surface area contributed by atoms with Gasteiger partial charge in [-0.25, -0.2) is 9.97 Å². The number of aromatic amines is 1. The van der Waals surface area contributed by atoms with Crippen LogP contribution in [0.2, 0.25) is 0 Å². The molecule has 6 nitrogen and oxygen atoms in total. The second-order valence-corrected chi connectivity index (χ2v) is 6.46. The van der Waals surface area contributed by atoms with E-state index in [0.717, 1.165) is 28.2 Å². The van der Waals surface area contributed by atoms with Gasteiger partial charge in [-0.1, -0.05) is 7.43 Å². The minimum Gasteiger partial charge on any atom is -0.491 e. The van der Waals surface area contributed by atoms with Gasteiger partial charge in [0.15, 0.2) is 5.65 Å².